The maximum Gasteiger partial charge on any atom is 0.237 e. The third kappa shape index (κ3) is 5.78. The lowest BCUT2D eigenvalue weighted by Crippen LogP contribution is -2.39. The summed E-state index contributed by atoms with van der Waals surface area (Å²) >= 11 is 0. The van der Waals surface area contributed by atoms with Crippen molar-refractivity contribution in [3.63, 3.8) is 0 Å². The molecule has 3 heterocycles. The van der Waals surface area contributed by atoms with Gasteiger partial charge in [0, 0.05) is 42.8 Å². The molecule has 1 atom stereocenters. The van der Waals surface area contributed by atoms with E-state index in [1.807, 2.05) is 24.3 Å². The molecule has 35 heavy (non-hydrogen) atoms. The lowest BCUT2D eigenvalue weighted by atomic mass is 10.1. The van der Waals surface area contributed by atoms with E-state index in [2.05, 4.69) is 57.0 Å². The van der Waals surface area contributed by atoms with Crippen molar-refractivity contribution < 1.29 is 9.53 Å². The summed E-state index contributed by atoms with van der Waals surface area (Å²) < 4.78 is 5.47. The molecule has 0 saturated carbocycles. The third-order valence-electron chi connectivity index (χ3n) is 6.53. The van der Waals surface area contributed by atoms with Crippen molar-refractivity contribution >= 4 is 23.2 Å². The predicted octanol–water partition coefficient (Wildman–Crippen LogP) is 3.40. The molecule has 1 aromatic heterocycles. The van der Waals surface area contributed by atoms with Gasteiger partial charge in [-0.3, -0.25) is 4.79 Å². The molecule has 0 bridgehead atoms. The minimum absolute atomic E-state index is 0.0661. The Labute approximate surface area is 206 Å². The molecule has 2 aliphatic rings. The summed E-state index contributed by atoms with van der Waals surface area (Å²) in [6.45, 7) is 6.90. The number of nitrogens with one attached hydrogen (secondary N) is 3. The number of aromatic nitrogens is 2. The number of ether oxygens (including phenoxy) is 1. The summed E-state index contributed by atoms with van der Waals surface area (Å²) in [5.74, 6) is 0.614. The smallest absolute Gasteiger partial charge is 0.237 e. The van der Waals surface area contributed by atoms with Gasteiger partial charge in [0.15, 0.2) is 0 Å². The van der Waals surface area contributed by atoms with Crippen molar-refractivity contribution in [1.29, 1.82) is 0 Å². The van der Waals surface area contributed by atoms with Crippen molar-refractivity contribution in [3.8, 4) is 11.3 Å². The third-order valence-corrected chi connectivity index (χ3v) is 6.53. The number of anilines is 3. The van der Waals surface area contributed by atoms with Crippen LogP contribution < -0.4 is 20.9 Å². The number of carbonyl (C=O) groups is 1. The summed E-state index contributed by atoms with van der Waals surface area (Å²) in [7, 11) is 0. The molecule has 182 valence electrons. The minimum atomic E-state index is -0.0692. The zero-order chi connectivity index (χ0) is 24.0. The normalized spacial score (nSPS) is 17.9. The highest BCUT2D eigenvalue weighted by Crippen LogP contribution is 2.26. The molecule has 8 nitrogen and oxygen atoms in total. The highest BCUT2D eigenvalue weighted by atomic mass is 16.5. The number of carbonyl (C=O) groups excluding carboxylic acids is 1. The molecular formula is C27H32N6O2. The molecule has 1 amide bonds. The second-order valence-corrected chi connectivity index (χ2v) is 9.06. The van der Waals surface area contributed by atoms with Gasteiger partial charge >= 0.3 is 0 Å². The van der Waals surface area contributed by atoms with Crippen LogP contribution in [0.5, 0.6) is 0 Å². The van der Waals surface area contributed by atoms with Gasteiger partial charge in [0.1, 0.15) is 0 Å². The fraction of sp³-hybridized carbons (Fsp3) is 0.370. The molecule has 3 aromatic rings. The van der Waals surface area contributed by atoms with Crippen LogP contribution in [0.15, 0.2) is 54.7 Å². The monoisotopic (exact) mass is 472 g/mol. The summed E-state index contributed by atoms with van der Waals surface area (Å²) in [5.41, 5.74) is 6.25. The first-order chi connectivity index (χ1) is 17.2. The predicted molar refractivity (Wildman–Crippen MR) is 138 cm³/mol. The molecule has 0 radical (unpaired) electrons. The van der Waals surface area contributed by atoms with E-state index in [0.717, 1.165) is 68.2 Å². The van der Waals surface area contributed by atoms with E-state index in [1.165, 1.54) is 11.3 Å². The van der Waals surface area contributed by atoms with Gasteiger partial charge in [0.05, 0.1) is 24.9 Å². The topological polar surface area (TPSA) is 91.4 Å². The largest absolute Gasteiger partial charge is 0.378 e. The fourth-order valence-corrected chi connectivity index (χ4v) is 4.66. The van der Waals surface area contributed by atoms with Crippen molar-refractivity contribution in [2.75, 3.05) is 43.1 Å². The Balaban J connectivity index is 1.25. The molecule has 0 aliphatic carbocycles. The summed E-state index contributed by atoms with van der Waals surface area (Å²) in [4.78, 5) is 23.8. The molecule has 8 heteroatoms. The minimum Gasteiger partial charge on any atom is -0.378 e. The number of hydrogen-bond acceptors (Lipinski definition) is 7. The summed E-state index contributed by atoms with van der Waals surface area (Å²) in [5, 5.41) is 9.62. The second-order valence-electron chi connectivity index (χ2n) is 9.06. The SMILES string of the molecule is Cc1cc(Nc2nccc(-c3cccc(CNC(=O)[C@@H]4CCCN4)c3)n2)ccc1N1CCOCC1. The quantitative estimate of drug-likeness (QED) is 0.485. The van der Waals surface area contributed by atoms with Crippen LogP contribution >= 0.6 is 0 Å². The zero-order valence-corrected chi connectivity index (χ0v) is 20.1. The van der Waals surface area contributed by atoms with Gasteiger partial charge < -0.3 is 25.6 Å². The Morgan fingerprint density at radius 3 is 2.86 bits per heavy atom. The van der Waals surface area contributed by atoms with E-state index in [9.17, 15) is 4.79 Å². The molecule has 2 aliphatic heterocycles. The molecule has 5 rings (SSSR count). The Bertz CT molecular complexity index is 1170. The number of morpholine rings is 1. The lowest BCUT2D eigenvalue weighted by molar-refractivity contribution is -0.122. The number of rotatable bonds is 7. The van der Waals surface area contributed by atoms with Gasteiger partial charge in [-0.05, 0) is 67.8 Å². The van der Waals surface area contributed by atoms with E-state index in [1.54, 1.807) is 6.20 Å². The maximum atomic E-state index is 12.3. The van der Waals surface area contributed by atoms with Crippen LogP contribution in [0.2, 0.25) is 0 Å². The first kappa shape index (κ1) is 23.3. The van der Waals surface area contributed by atoms with E-state index in [4.69, 9.17) is 9.72 Å². The van der Waals surface area contributed by atoms with Crippen molar-refractivity contribution in [3.05, 3.63) is 65.9 Å². The van der Waals surface area contributed by atoms with Crippen LogP contribution in [0.4, 0.5) is 17.3 Å². The van der Waals surface area contributed by atoms with Gasteiger partial charge in [-0.15, -0.1) is 0 Å². The van der Waals surface area contributed by atoms with E-state index in [0.29, 0.717) is 12.5 Å². The molecule has 2 saturated heterocycles. The molecule has 2 fully saturated rings. The van der Waals surface area contributed by atoms with Gasteiger partial charge in [-0.25, -0.2) is 9.97 Å². The lowest BCUT2D eigenvalue weighted by Gasteiger charge is -2.30. The van der Waals surface area contributed by atoms with Crippen molar-refractivity contribution in [2.45, 2.75) is 32.4 Å². The highest BCUT2D eigenvalue weighted by Gasteiger charge is 2.21. The van der Waals surface area contributed by atoms with Crippen LogP contribution in [-0.2, 0) is 16.1 Å². The van der Waals surface area contributed by atoms with E-state index < -0.39 is 0 Å². The maximum absolute atomic E-state index is 12.3. The zero-order valence-electron chi connectivity index (χ0n) is 20.1. The van der Waals surface area contributed by atoms with Crippen LogP contribution in [0.3, 0.4) is 0 Å². The van der Waals surface area contributed by atoms with Crippen LogP contribution in [0, 0.1) is 6.92 Å². The molecule has 3 N–H and O–H groups in total. The number of nitrogens with zero attached hydrogens (tertiary/aromatic N) is 3. The number of hydrogen-bond donors (Lipinski definition) is 3. The van der Waals surface area contributed by atoms with Gasteiger partial charge in [-0.1, -0.05) is 18.2 Å². The van der Waals surface area contributed by atoms with Crippen LogP contribution in [0.1, 0.15) is 24.0 Å². The number of amides is 1. The van der Waals surface area contributed by atoms with Gasteiger partial charge in [0.2, 0.25) is 11.9 Å². The Morgan fingerprint density at radius 1 is 1.17 bits per heavy atom. The standard InChI is InChI=1S/C27H32N6O2/c1-19-16-22(7-8-25(19)33-12-14-35-15-13-33)31-27-29-11-9-23(32-27)21-5-2-4-20(17-21)18-30-26(34)24-6-3-10-28-24/h2,4-5,7-9,11,16-17,24,28H,3,6,10,12-15,18H2,1H3,(H,30,34)(H,29,31,32)/t24-/m0/s1. The van der Waals surface area contributed by atoms with Crippen molar-refractivity contribution in [2.24, 2.45) is 0 Å². The van der Waals surface area contributed by atoms with Crippen LogP contribution in [-0.4, -0.2) is 54.8 Å². The summed E-state index contributed by atoms with van der Waals surface area (Å²) in [6, 6.07) is 16.3. The van der Waals surface area contributed by atoms with Gasteiger partial charge in [0.25, 0.3) is 0 Å². The van der Waals surface area contributed by atoms with Crippen LogP contribution in [0.25, 0.3) is 11.3 Å². The molecular weight excluding hydrogens is 440 g/mol. The van der Waals surface area contributed by atoms with E-state index in [-0.39, 0.29) is 11.9 Å². The number of aryl methyl sites for hydroxylation is 1. The Hall–Kier alpha value is -3.49. The average molecular weight is 473 g/mol. The fourth-order valence-electron chi connectivity index (χ4n) is 4.66. The Kier molecular flexibility index (Phi) is 7.20. The molecule has 0 spiro atoms. The average Bonchev–Trinajstić information content (AvgIpc) is 3.44. The first-order valence-corrected chi connectivity index (χ1v) is 12.3. The van der Waals surface area contributed by atoms with Gasteiger partial charge in [-0.2, -0.15) is 0 Å². The molecule has 0 unspecified atom stereocenters. The number of benzene rings is 2. The highest BCUT2D eigenvalue weighted by molar-refractivity contribution is 5.82. The van der Waals surface area contributed by atoms with E-state index >= 15 is 0 Å². The second kappa shape index (κ2) is 10.8. The Morgan fingerprint density at radius 2 is 2.06 bits per heavy atom. The van der Waals surface area contributed by atoms with Crippen molar-refractivity contribution in [1.82, 2.24) is 20.6 Å². The molecule has 2 aromatic carbocycles. The first-order valence-electron chi connectivity index (χ1n) is 12.3. The summed E-state index contributed by atoms with van der Waals surface area (Å²) in [6.07, 6.45) is 3.72.